The van der Waals surface area contributed by atoms with E-state index in [-0.39, 0.29) is 5.75 Å². The molecular weight excluding hydrogens is 409 g/mol. The molecule has 0 aliphatic rings. The van der Waals surface area contributed by atoms with Gasteiger partial charge in [0.2, 0.25) is 0 Å². The van der Waals surface area contributed by atoms with Crippen LogP contribution in [0.2, 0.25) is 0 Å². The van der Waals surface area contributed by atoms with Gasteiger partial charge < -0.3 is 10.1 Å². The molecule has 6 rings (SSSR count). The summed E-state index contributed by atoms with van der Waals surface area (Å²) in [6.07, 6.45) is 6.51. The lowest BCUT2D eigenvalue weighted by atomic mass is 10.0. The fraction of sp³-hybridized carbons (Fsp3) is 0. The van der Waals surface area contributed by atoms with Gasteiger partial charge in [0.05, 0.1) is 23.1 Å². The molecule has 0 atom stereocenters. The number of pyridine rings is 2. The van der Waals surface area contributed by atoms with Crippen LogP contribution in [0.25, 0.3) is 56.0 Å². The molecule has 0 amide bonds. The van der Waals surface area contributed by atoms with Crippen molar-refractivity contribution in [3.63, 3.8) is 0 Å². The second-order valence-electron chi connectivity index (χ2n) is 7.26. The highest BCUT2D eigenvalue weighted by Gasteiger charge is 2.16. The van der Waals surface area contributed by atoms with Gasteiger partial charge in [-0.15, -0.1) is 0 Å². The molecule has 0 aliphatic heterocycles. The summed E-state index contributed by atoms with van der Waals surface area (Å²) in [4.78, 5) is 20.8. The molecule has 5 aromatic heterocycles. The third kappa shape index (κ3) is 2.95. The summed E-state index contributed by atoms with van der Waals surface area (Å²) < 4.78 is 13.9. The van der Waals surface area contributed by atoms with Crippen LogP contribution in [-0.2, 0) is 0 Å². The second-order valence-corrected chi connectivity index (χ2v) is 7.26. The Bertz CT molecular complexity index is 1590. The van der Waals surface area contributed by atoms with E-state index < -0.39 is 5.82 Å². The van der Waals surface area contributed by atoms with Crippen molar-refractivity contribution in [3.05, 3.63) is 73.1 Å². The Morgan fingerprint density at radius 2 is 1.84 bits per heavy atom. The molecule has 0 saturated carbocycles. The molecule has 154 valence electrons. The zero-order valence-corrected chi connectivity index (χ0v) is 16.4. The van der Waals surface area contributed by atoms with Gasteiger partial charge in [-0.1, -0.05) is 0 Å². The number of nitrogens with one attached hydrogen (secondary N) is 2. The Balaban J connectivity index is 1.52. The lowest BCUT2D eigenvalue weighted by Gasteiger charge is -2.04. The molecule has 0 unspecified atom stereocenters. The second kappa shape index (κ2) is 6.95. The van der Waals surface area contributed by atoms with E-state index in [2.05, 4.69) is 30.1 Å². The van der Waals surface area contributed by atoms with Gasteiger partial charge in [0.25, 0.3) is 0 Å². The van der Waals surface area contributed by atoms with E-state index in [4.69, 9.17) is 4.98 Å². The van der Waals surface area contributed by atoms with Gasteiger partial charge >= 0.3 is 0 Å². The Labute approximate surface area is 179 Å². The molecule has 0 saturated heterocycles. The molecule has 1 aromatic carbocycles. The number of benzene rings is 1. The van der Waals surface area contributed by atoms with Gasteiger partial charge in [0, 0.05) is 30.0 Å². The fourth-order valence-electron chi connectivity index (χ4n) is 3.80. The van der Waals surface area contributed by atoms with Crippen molar-refractivity contribution in [2.75, 3.05) is 0 Å². The summed E-state index contributed by atoms with van der Waals surface area (Å²) in [5.41, 5.74) is 6.01. The van der Waals surface area contributed by atoms with Gasteiger partial charge in [0.15, 0.2) is 0 Å². The third-order valence-corrected chi connectivity index (χ3v) is 5.21. The van der Waals surface area contributed by atoms with Crippen molar-refractivity contribution in [1.29, 1.82) is 0 Å². The molecule has 32 heavy (non-hydrogen) atoms. The normalized spacial score (nSPS) is 11.4. The number of aromatic hydroxyl groups is 1. The first-order chi connectivity index (χ1) is 15.7. The number of hydrogen-bond donors (Lipinski definition) is 3. The topological polar surface area (TPSA) is 116 Å². The highest BCUT2D eigenvalue weighted by molar-refractivity contribution is 5.99. The summed E-state index contributed by atoms with van der Waals surface area (Å²) in [5.74, 6) is -0.653. The number of hydrogen-bond acceptors (Lipinski definition) is 6. The van der Waals surface area contributed by atoms with E-state index >= 15 is 0 Å². The first kappa shape index (κ1) is 18.1. The van der Waals surface area contributed by atoms with Crippen molar-refractivity contribution >= 4 is 22.1 Å². The first-order valence-corrected chi connectivity index (χ1v) is 9.75. The average molecular weight is 423 g/mol. The largest absolute Gasteiger partial charge is 0.508 e. The maximum atomic E-state index is 13.9. The number of nitrogens with zero attached hydrogens (tertiary/aromatic N) is 5. The minimum atomic E-state index is -0.514. The van der Waals surface area contributed by atoms with Crippen LogP contribution in [0.5, 0.6) is 5.75 Å². The van der Waals surface area contributed by atoms with E-state index in [1.54, 1.807) is 30.9 Å². The Hall–Kier alpha value is -4.66. The van der Waals surface area contributed by atoms with E-state index in [9.17, 15) is 9.50 Å². The van der Waals surface area contributed by atoms with Gasteiger partial charge in [0.1, 0.15) is 34.1 Å². The number of fused-ring (bicyclic) bond motifs is 2. The fourth-order valence-corrected chi connectivity index (χ4v) is 3.80. The number of H-pyrrole nitrogens is 2. The lowest BCUT2D eigenvalue weighted by molar-refractivity contribution is 0.469. The number of halogens is 1. The molecule has 0 fully saturated rings. The number of phenolic OH excluding ortho intramolecular Hbond substituents is 1. The number of phenols is 1. The smallest absolute Gasteiger partial charge is 0.138 e. The predicted molar refractivity (Wildman–Crippen MR) is 117 cm³/mol. The number of aromatic nitrogens is 7. The molecule has 0 aliphatic carbocycles. The minimum Gasteiger partial charge on any atom is -0.508 e. The van der Waals surface area contributed by atoms with E-state index in [1.165, 1.54) is 12.1 Å². The first-order valence-electron chi connectivity index (χ1n) is 9.75. The molecule has 0 bridgehead atoms. The molecule has 5 heterocycles. The monoisotopic (exact) mass is 423 g/mol. The van der Waals surface area contributed by atoms with Crippen LogP contribution in [0.1, 0.15) is 0 Å². The zero-order chi connectivity index (χ0) is 21.7. The molecule has 6 aromatic rings. The summed E-state index contributed by atoms with van der Waals surface area (Å²) in [6.45, 7) is 0. The van der Waals surface area contributed by atoms with Crippen molar-refractivity contribution in [3.8, 4) is 39.7 Å². The lowest BCUT2D eigenvalue weighted by Crippen LogP contribution is -1.89. The van der Waals surface area contributed by atoms with Crippen LogP contribution < -0.4 is 0 Å². The SMILES string of the molecule is Oc1cc(F)cc(-c2ccnc3[nH]c(-c4n[nH]c5ccc(-c6cnccn6)nc45)cc23)c1. The van der Waals surface area contributed by atoms with Crippen LogP contribution in [-0.4, -0.2) is 40.2 Å². The maximum absolute atomic E-state index is 13.9. The molecule has 3 N–H and O–H groups in total. The van der Waals surface area contributed by atoms with E-state index in [1.807, 2.05) is 18.2 Å². The van der Waals surface area contributed by atoms with E-state index in [0.29, 0.717) is 39.5 Å². The molecule has 9 heteroatoms. The standard InChI is InChI=1S/C23H14FN7O/c24-13-7-12(8-14(32)9-13)15-3-4-27-23-16(15)10-19(29-23)22-21-18(30-31-22)2-1-17(28-21)20-11-25-5-6-26-20/h1-11,32H,(H,27,29)(H,30,31). The summed E-state index contributed by atoms with van der Waals surface area (Å²) >= 11 is 0. The van der Waals surface area contributed by atoms with Crippen molar-refractivity contribution in [2.45, 2.75) is 0 Å². The van der Waals surface area contributed by atoms with Gasteiger partial charge in [-0.3, -0.25) is 15.1 Å². The van der Waals surface area contributed by atoms with Crippen LogP contribution in [0.4, 0.5) is 4.39 Å². The summed E-state index contributed by atoms with van der Waals surface area (Å²) in [6, 6.07) is 11.4. The molecule has 0 spiro atoms. The minimum absolute atomic E-state index is 0.139. The summed E-state index contributed by atoms with van der Waals surface area (Å²) in [7, 11) is 0. The van der Waals surface area contributed by atoms with Crippen molar-refractivity contribution in [2.24, 2.45) is 0 Å². The van der Waals surface area contributed by atoms with Gasteiger partial charge in [-0.2, -0.15) is 5.10 Å². The Kier molecular flexibility index (Phi) is 3.94. The van der Waals surface area contributed by atoms with Crippen LogP contribution in [0, 0.1) is 5.82 Å². The predicted octanol–water partition coefficient (Wildman–Crippen LogP) is 4.47. The molecule has 0 radical (unpaired) electrons. The van der Waals surface area contributed by atoms with Gasteiger partial charge in [-0.25, -0.2) is 14.4 Å². The zero-order valence-electron chi connectivity index (χ0n) is 16.4. The maximum Gasteiger partial charge on any atom is 0.138 e. The van der Waals surface area contributed by atoms with Crippen molar-refractivity contribution in [1.82, 2.24) is 35.1 Å². The van der Waals surface area contributed by atoms with Crippen molar-refractivity contribution < 1.29 is 9.50 Å². The molecule has 8 nitrogen and oxygen atoms in total. The average Bonchev–Trinajstić information content (AvgIpc) is 3.42. The van der Waals surface area contributed by atoms with Crippen LogP contribution in [0.3, 0.4) is 0 Å². The highest BCUT2D eigenvalue weighted by atomic mass is 19.1. The van der Waals surface area contributed by atoms with E-state index in [0.717, 1.165) is 22.5 Å². The highest BCUT2D eigenvalue weighted by Crippen LogP contribution is 2.34. The van der Waals surface area contributed by atoms with Crippen LogP contribution in [0.15, 0.2) is 67.3 Å². The number of rotatable bonds is 3. The summed E-state index contributed by atoms with van der Waals surface area (Å²) in [5, 5.41) is 18.0. The van der Waals surface area contributed by atoms with Gasteiger partial charge in [-0.05, 0) is 47.5 Å². The third-order valence-electron chi connectivity index (χ3n) is 5.21. The quantitative estimate of drug-likeness (QED) is 0.387. The molecular formula is C23H14FN7O. The Morgan fingerprint density at radius 1 is 0.906 bits per heavy atom. The Morgan fingerprint density at radius 3 is 2.69 bits per heavy atom. The number of aromatic amines is 2. The van der Waals surface area contributed by atoms with Crippen LogP contribution >= 0.6 is 0 Å².